The van der Waals surface area contributed by atoms with E-state index in [9.17, 15) is 8.42 Å². The molecule has 4 rings (SSSR count). The molecule has 39 heavy (non-hydrogen) atoms. The number of nitrogens with one attached hydrogen (secondary N) is 2. The highest BCUT2D eigenvalue weighted by Gasteiger charge is 2.20. The minimum absolute atomic E-state index is 0.0982. The van der Waals surface area contributed by atoms with Crippen molar-refractivity contribution in [3.63, 3.8) is 0 Å². The molecule has 1 fully saturated rings. The maximum absolute atomic E-state index is 11.9. The van der Waals surface area contributed by atoms with Crippen LogP contribution in [0.5, 0.6) is 5.75 Å². The largest absolute Gasteiger partial charge is 0.494 e. The van der Waals surface area contributed by atoms with Gasteiger partial charge in [-0.05, 0) is 55.4 Å². The number of hydrogen-bond acceptors (Lipinski definition) is 9. The van der Waals surface area contributed by atoms with Crippen molar-refractivity contribution in [2.45, 2.75) is 31.4 Å². The SMILES string of the molecule is COCCCC1CCN(c2ccc(Nc3ncc(Cl)c(Nc4ccccc4CS(C)(=O)=O)n3)c(OC)c2)CC1. The van der Waals surface area contributed by atoms with Crippen LogP contribution in [0.3, 0.4) is 0 Å². The minimum Gasteiger partial charge on any atom is -0.494 e. The Kier molecular flexibility index (Phi) is 9.88. The Morgan fingerprint density at radius 3 is 2.56 bits per heavy atom. The van der Waals surface area contributed by atoms with Crippen molar-refractivity contribution < 1.29 is 17.9 Å². The highest BCUT2D eigenvalue weighted by molar-refractivity contribution is 7.89. The van der Waals surface area contributed by atoms with Gasteiger partial charge < -0.3 is 25.0 Å². The number of anilines is 5. The van der Waals surface area contributed by atoms with Gasteiger partial charge in [-0.25, -0.2) is 13.4 Å². The number of rotatable bonds is 12. The summed E-state index contributed by atoms with van der Waals surface area (Å²) in [6.45, 7) is 2.87. The predicted octanol–water partition coefficient (Wildman–Crippen LogP) is 5.81. The fraction of sp³-hybridized carbons (Fsp3) is 0.429. The van der Waals surface area contributed by atoms with Gasteiger partial charge in [-0.15, -0.1) is 0 Å². The second-order valence-electron chi connectivity index (χ2n) is 9.82. The normalized spacial score (nSPS) is 14.3. The number of ether oxygens (including phenoxy) is 2. The lowest BCUT2D eigenvalue weighted by Crippen LogP contribution is -2.33. The number of halogens is 1. The number of sulfone groups is 1. The van der Waals surface area contributed by atoms with E-state index in [0.29, 0.717) is 33.8 Å². The molecule has 11 heteroatoms. The van der Waals surface area contributed by atoms with Crippen LogP contribution in [0, 0.1) is 5.92 Å². The van der Waals surface area contributed by atoms with Crippen molar-refractivity contribution in [1.82, 2.24) is 9.97 Å². The van der Waals surface area contributed by atoms with Crippen LogP contribution in [-0.4, -0.2) is 58.6 Å². The fourth-order valence-electron chi connectivity index (χ4n) is 4.79. The molecule has 0 atom stereocenters. The average molecular weight is 574 g/mol. The molecule has 1 saturated heterocycles. The van der Waals surface area contributed by atoms with Crippen LogP contribution in [0.25, 0.3) is 0 Å². The van der Waals surface area contributed by atoms with E-state index < -0.39 is 9.84 Å². The van der Waals surface area contributed by atoms with Gasteiger partial charge in [0.15, 0.2) is 15.7 Å². The van der Waals surface area contributed by atoms with Gasteiger partial charge in [-0.2, -0.15) is 4.98 Å². The highest BCUT2D eigenvalue weighted by atomic mass is 35.5. The summed E-state index contributed by atoms with van der Waals surface area (Å²) < 4.78 is 34.6. The molecule has 1 aliphatic heterocycles. The lowest BCUT2D eigenvalue weighted by molar-refractivity contribution is 0.183. The predicted molar refractivity (Wildman–Crippen MR) is 158 cm³/mol. The van der Waals surface area contributed by atoms with Gasteiger partial charge >= 0.3 is 0 Å². The number of methoxy groups -OCH3 is 2. The molecule has 210 valence electrons. The first-order chi connectivity index (χ1) is 18.8. The van der Waals surface area contributed by atoms with Crippen molar-refractivity contribution in [3.8, 4) is 5.75 Å². The van der Waals surface area contributed by atoms with Crippen LogP contribution in [0.4, 0.5) is 28.8 Å². The number of aromatic nitrogens is 2. The zero-order valence-corrected chi connectivity index (χ0v) is 24.2. The maximum Gasteiger partial charge on any atom is 0.229 e. The Bertz CT molecular complexity index is 1360. The third kappa shape index (κ3) is 8.20. The third-order valence-corrected chi connectivity index (χ3v) is 7.92. The average Bonchev–Trinajstić information content (AvgIpc) is 2.91. The molecule has 1 aromatic heterocycles. The van der Waals surface area contributed by atoms with E-state index in [1.807, 2.05) is 18.2 Å². The van der Waals surface area contributed by atoms with E-state index in [1.54, 1.807) is 32.4 Å². The Balaban J connectivity index is 1.46. The standard InChI is InChI=1S/C28H36ClN5O4S/c1-37-16-6-7-20-12-14-34(15-13-20)22-10-11-25(26(17-22)38-2)32-28-30-18-23(29)27(33-28)31-24-9-5-4-8-21(24)19-39(3,35)36/h4-5,8-11,17-18,20H,6-7,12-16,19H2,1-3H3,(H2,30,31,32,33). The van der Waals surface area contributed by atoms with Gasteiger partial charge in [0.2, 0.25) is 5.95 Å². The molecule has 0 aliphatic carbocycles. The van der Waals surface area contributed by atoms with Crippen molar-refractivity contribution in [2.75, 3.05) is 55.7 Å². The molecule has 2 heterocycles. The van der Waals surface area contributed by atoms with Crippen LogP contribution in [0.15, 0.2) is 48.7 Å². The Morgan fingerprint density at radius 1 is 1.08 bits per heavy atom. The van der Waals surface area contributed by atoms with E-state index in [-0.39, 0.29) is 5.75 Å². The Hall–Kier alpha value is -3.08. The molecule has 0 amide bonds. The first-order valence-electron chi connectivity index (χ1n) is 13.0. The Labute approximate surface area is 235 Å². The second kappa shape index (κ2) is 13.3. The zero-order valence-electron chi connectivity index (χ0n) is 22.6. The number of benzene rings is 2. The van der Waals surface area contributed by atoms with E-state index in [4.69, 9.17) is 21.1 Å². The van der Waals surface area contributed by atoms with Crippen LogP contribution >= 0.6 is 11.6 Å². The fourth-order valence-corrected chi connectivity index (χ4v) is 5.74. The lowest BCUT2D eigenvalue weighted by Gasteiger charge is -2.34. The number of hydrogen-bond donors (Lipinski definition) is 2. The van der Waals surface area contributed by atoms with E-state index in [1.165, 1.54) is 31.7 Å². The molecule has 0 spiro atoms. The molecule has 1 aliphatic rings. The summed E-state index contributed by atoms with van der Waals surface area (Å²) in [7, 11) is 0.179. The van der Waals surface area contributed by atoms with Crippen LogP contribution in [0.2, 0.25) is 5.02 Å². The molecule has 2 N–H and O–H groups in total. The molecule has 0 unspecified atom stereocenters. The van der Waals surface area contributed by atoms with Gasteiger partial charge in [-0.3, -0.25) is 0 Å². The monoisotopic (exact) mass is 573 g/mol. The summed E-state index contributed by atoms with van der Waals surface area (Å²) in [5, 5.41) is 6.69. The summed E-state index contributed by atoms with van der Waals surface area (Å²) in [5.41, 5.74) is 3.08. The summed E-state index contributed by atoms with van der Waals surface area (Å²) in [5.74, 6) is 2.02. The van der Waals surface area contributed by atoms with Crippen LogP contribution < -0.4 is 20.3 Å². The van der Waals surface area contributed by atoms with Crippen molar-refractivity contribution in [2.24, 2.45) is 5.92 Å². The van der Waals surface area contributed by atoms with Gasteiger partial charge in [-0.1, -0.05) is 29.8 Å². The maximum atomic E-state index is 11.9. The third-order valence-electron chi connectivity index (χ3n) is 6.80. The summed E-state index contributed by atoms with van der Waals surface area (Å²) >= 11 is 6.38. The summed E-state index contributed by atoms with van der Waals surface area (Å²) in [4.78, 5) is 11.3. The van der Waals surface area contributed by atoms with Crippen molar-refractivity contribution >= 4 is 50.3 Å². The van der Waals surface area contributed by atoms with E-state index >= 15 is 0 Å². The van der Waals surface area contributed by atoms with Gasteiger partial charge in [0.25, 0.3) is 0 Å². The van der Waals surface area contributed by atoms with Crippen molar-refractivity contribution in [1.29, 1.82) is 0 Å². The molecule has 0 bridgehead atoms. The first-order valence-corrected chi connectivity index (χ1v) is 15.4. The summed E-state index contributed by atoms with van der Waals surface area (Å²) in [6, 6.07) is 13.2. The number of nitrogens with zero attached hydrogens (tertiary/aromatic N) is 3. The summed E-state index contributed by atoms with van der Waals surface area (Å²) in [6.07, 6.45) is 7.38. The Morgan fingerprint density at radius 2 is 1.85 bits per heavy atom. The van der Waals surface area contributed by atoms with Gasteiger partial charge in [0.05, 0.1) is 24.7 Å². The quantitative estimate of drug-likeness (QED) is 0.259. The molecule has 0 radical (unpaired) electrons. The molecular formula is C28H36ClN5O4S. The molecule has 2 aromatic carbocycles. The topological polar surface area (TPSA) is 106 Å². The first kappa shape index (κ1) is 28.9. The molecule has 9 nitrogen and oxygen atoms in total. The number of para-hydroxylation sites is 1. The van der Waals surface area contributed by atoms with E-state index in [0.717, 1.165) is 43.4 Å². The lowest BCUT2D eigenvalue weighted by atomic mass is 9.92. The molecule has 0 saturated carbocycles. The van der Waals surface area contributed by atoms with Gasteiger partial charge in [0, 0.05) is 50.5 Å². The smallest absolute Gasteiger partial charge is 0.229 e. The minimum atomic E-state index is -3.22. The zero-order chi connectivity index (χ0) is 27.8. The van der Waals surface area contributed by atoms with E-state index in [2.05, 4.69) is 31.6 Å². The van der Waals surface area contributed by atoms with Gasteiger partial charge in [0.1, 0.15) is 10.8 Å². The van der Waals surface area contributed by atoms with Crippen molar-refractivity contribution in [3.05, 3.63) is 59.2 Å². The number of piperidine rings is 1. The molecule has 3 aromatic rings. The molecular weight excluding hydrogens is 538 g/mol. The van der Waals surface area contributed by atoms with Crippen LogP contribution in [0.1, 0.15) is 31.2 Å². The second-order valence-corrected chi connectivity index (χ2v) is 12.4. The highest BCUT2D eigenvalue weighted by Crippen LogP contribution is 2.34. The van der Waals surface area contributed by atoms with Crippen LogP contribution in [-0.2, 0) is 20.3 Å².